The Kier molecular flexibility index (Phi) is 4.52. The molecule has 1 saturated heterocycles. The molecule has 7 nitrogen and oxygen atoms in total. The third-order valence-electron chi connectivity index (χ3n) is 3.27. The smallest absolute Gasteiger partial charge is 0.311 e. The second kappa shape index (κ2) is 6.33. The molecule has 1 amide bonds. The van der Waals surface area contributed by atoms with E-state index in [1.54, 1.807) is 11.0 Å². The third kappa shape index (κ3) is 3.24. The molecule has 20 heavy (non-hydrogen) atoms. The lowest BCUT2D eigenvalue weighted by molar-refractivity contribution is -0.385. The first-order chi connectivity index (χ1) is 9.61. The summed E-state index contributed by atoms with van der Waals surface area (Å²) in [6.07, 6.45) is 1.99. The molecule has 2 rings (SSSR count). The molecule has 0 aliphatic carbocycles. The van der Waals surface area contributed by atoms with Crippen molar-refractivity contribution in [2.24, 2.45) is 5.73 Å². The molecule has 1 aromatic rings. The number of carbonyl (C=O) groups excluding carboxylic acids is 1. The van der Waals surface area contributed by atoms with Crippen molar-refractivity contribution in [3.63, 3.8) is 0 Å². The fourth-order valence-electron chi connectivity index (χ4n) is 2.15. The zero-order valence-corrected chi connectivity index (χ0v) is 11.1. The van der Waals surface area contributed by atoms with Crippen LogP contribution in [0.3, 0.4) is 0 Å². The molecule has 2 N–H and O–H groups in total. The van der Waals surface area contributed by atoms with Crippen LogP contribution in [0.4, 0.5) is 5.69 Å². The second-order valence-corrected chi connectivity index (χ2v) is 4.64. The maximum Gasteiger partial charge on any atom is 0.311 e. The van der Waals surface area contributed by atoms with Crippen LogP contribution in [-0.4, -0.2) is 35.4 Å². The molecule has 0 bridgehead atoms. The van der Waals surface area contributed by atoms with E-state index in [4.69, 9.17) is 10.5 Å². The van der Waals surface area contributed by atoms with E-state index >= 15 is 0 Å². The number of ether oxygens (including phenoxy) is 1. The number of nitro groups is 1. The molecule has 1 aliphatic rings. The van der Waals surface area contributed by atoms with Crippen LogP contribution in [0, 0.1) is 10.1 Å². The first-order valence-corrected chi connectivity index (χ1v) is 6.50. The molecule has 0 aromatic heterocycles. The predicted octanol–water partition coefficient (Wildman–Crippen LogP) is 1.05. The van der Waals surface area contributed by atoms with Crippen molar-refractivity contribution < 1.29 is 14.5 Å². The molecular formula is C13H17N3O4. The van der Waals surface area contributed by atoms with Crippen LogP contribution in [0.2, 0.25) is 0 Å². The molecule has 1 aromatic carbocycles. The topological polar surface area (TPSA) is 98.7 Å². The normalized spacial score (nSPS) is 14.3. The number of hydrogen-bond donors (Lipinski definition) is 1. The van der Waals surface area contributed by atoms with Gasteiger partial charge in [0.15, 0.2) is 12.4 Å². The van der Waals surface area contributed by atoms with Crippen molar-refractivity contribution >= 4 is 11.6 Å². The predicted molar refractivity (Wildman–Crippen MR) is 72.3 cm³/mol. The summed E-state index contributed by atoms with van der Waals surface area (Å²) in [5.74, 6) is -0.0422. The Bertz CT molecular complexity index is 512. The number of nitro benzene ring substituents is 1. The minimum Gasteiger partial charge on any atom is -0.477 e. The molecule has 1 fully saturated rings. The summed E-state index contributed by atoms with van der Waals surface area (Å²) in [5.41, 5.74) is 5.93. The zero-order chi connectivity index (χ0) is 14.5. The maximum atomic E-state index is 11.8. The van der Waals surface area contributed by atoms with E-state index < -0.39 is 4.92 Å². The van der Waals surface area contributed by atoms with Crippen LogP contribution in [-0.2, 0) is 11.3 Å². The van der Waals surface area contributed by atoms with Gasteiger partial charge in [0.1, 0.15) is 0 Å². The summed E-state index contributed by atoms with van der Waals surface area (Å²) in [6.45, 7) is 1.50. The Hall–Kier alpha value is -2.15. The number of carbonyl (C=O) groups is 1. The van der Waals surface area contributed by atoms with Gasteiger partial charge in [-0.05, 0) is 24.5 Å². The highest BCUT2D eigenvalue weighted by Crippen LogP contribution is 2.28. The first kappa shape index (κ1) is 14.3. The van der Waals surface area contributed by atoms with E-state index in [0.717, 1.165) is 25.9 Å². The number of nitrogens with two attached hydrogens (primary N) is 1. The van der Waals surface area contributed by atoms with Gasteiger partial charge in [0.05, 0.1) is 4.92 Å². The van der Waals surface area contributed by atoms with Gasteiger partial charge in [0.2, 0.25) is 0 Å². The fraction of sp³-hybridized carbons (Fsp3) is 0.462. The molecule has 1 aliphatic heterocycles. The lowest BCUT2D eigenvalue weighted by Crippen LogP contribution is -2.32. The van der Waals surface area contributed by atoms with Crippen LogP contribution in [0.25, 0.3) is 0 Å². The van der Waals surface area contributed by atoms with Gasteiger partial charge in [-0.3, -0.25) is 14.9 Å². The molecule has 108 valence electrons. The minimum absolute atomic E-state index is 0.0970. The highest BCUT2D eigenvalue weighted by Gasteiger charge is 2.21. The molecule has 0 radical (unpaired) electrons. The summed E-state index contributed by atoms with van der Waals surface area (Å²) >= 11 is 0. The average molecular weight is 279 g/mol. The van der Waals surface area contributed by atoms with E-state index in [-0.39, 0.29) is 30.5 Å². The quantitative estimate of drug-likeness (QED) is 0.641. The van der Waals surface area contributed by atoms with Gasteiger partial charge in [-0.15, -0.1) is 0 Å². The van der Waals surface area contributed by atoms with E-state index in [0.29, 0.717) is 5.56 Å². The Labute approximate surface area is 116 Å². The van der Waals surface area contributed by atoms with E-state index in [2.05, 4.69) is 0 Å². The highest BCUT2D eigenvalue weighted by molar-refractivity contribution is 5.78. The number of nitrogens with zero attached hydrogens (tertiary/aromatic N) is 2. The van der Waals surface area contributed by atoms with Crippen molar-refractivity contribution in [2.75, 3.05) is 19.7 Å². The Balaban J connectivity index is 2.04. The largest absolute Gasteiger partial charge is 0.477 e. The monoisotopic (exact) mass is 279 g/mol. The molecule has 7 heteroatoms. The number of rotatable bonds is 5. The number of benzene rings is 1. The van der Waals surface area contributed by atoms with Gasteiger partial charge in [0.25, 0.3) is 5.91 Å². The lowest BCUT2D eigenvalue weighted by Gasteiger charge is -2.15. The number of likely N-dealkylation sites (tertiary alicyclic amines) is 1. The summed E-state index contributed by atoms with van der Waals surface area (Å²) in [6, 6.07) is 4.51. The summed E-state index contributed by atoms with van der Waals surface area (Å²) in [4.78, 5) is 24.0. The Morgan fingerprint density at radius 2 is 2.10 bits per heavy atom. The highest BCUT2D eigenvalue weighted by atomic mass is 16.6. The van der Waals surface area contributed by atoms with Crippen LogP contribution in [0.15, 0.2) is 18.2 Å². The van der Waals surface area contributed by atoms with Gasteiger partial charge in [0, 0.05) is 25.7 Å². The van der Waals surface area contributed by atoms with Crippen molar-refractivity contribution in [1.82, 2.24) is 4.90 Å². The van der Waals surface area contributed by atoms with Crippen LogP contribution in [0.1, 0.15) is 18.4 Å². The summed E-state index contributed by atoms with van der Waals surface area (Å²) in [5, 5.41) is 11.0. The van der Waals surface area contributed by atoms with Crippen molar-refractivity contribution in [2.45, 2.75) is 19.4 Å². The van der Waals surface area contributed by atoms with Gasteiger partial charge in [-0.1, -0.05) is 6.07 Å². The summed E-state index contributed by atoms with van der Waals surface area (Å²) in [7, 11) is 0. The molecule has 1 heterocycles. The van der Waals surface area contributed by atoms with Gasteiger partial charge in [-0.25, -0.2) is 0 Å². The first-order valence-electron chi connectivity index (χ1n) is 6.50. The standard InChI is InChI=1S/C13H17N3O4/c14-8-10-3-4-12(11(7-10)16(18)19)20-9-13(17)15-5-1-2-6-15/h3-4,7H,1-2,5-6,8-9,14H2. The molecular weight excluding hydrogens is 262 g/mol. The van der Waals surface area contributed by atoms with Crippen molar-refractivity contribution in [3.8, 4) is 5.75 Å². The zero-order valence-electron chi connectivity index (χ0n) is 11.1. The number of hydrogen-bond acceptors (Lipinski definition) is 5. The van der Waals surface area contributed by atoms with E-state index in [9.17, 15) is 14.9 Å². The molecule has 0 spiro atoms. The fourth-order valence-corrected chi connectivity index (χ4v) is 2.15. The second-order valence-electron chi connectivity index (χ2n) is 4.64. The Morgan fingerprint density at radius 3 is 2.70 bits per heavy atom. The van der Waals surface area contributed by atoms with E-state index in [1.807, 2.05) is 0 Å². The van der Waals surface area contributed by atoms with Crippen LogP contribution in [0.5, 0.6) is 5.75 Å². The molecule has 0 unspecified atom stereocenters. The minimum atomic E-state index is -0.533. The Morgan fingerprint density at radius 1 is 1.40 bits per heavy atom. The van der Waals surface area contributed by atoms with Crippen LogP contribution >= 0.6 is 0 Å². The SMILES string of the molecule is NCc1ccc(OCC(=O)N2CCCC2)c([N+](=O)[O-])c1. The molecule has 0 saturated carbocycles. The van der Waals surface area contributed by atoms with Crippen molar-refractivity contribution in [3.05, 3.63) is 33.9 Å². The lowest BCUT2D eigenvalue weighted by atomic mass is 10.2. The molecule has 0 atom stereocenters. The van der Waals surface area contributed by atoms with Gasteiger partial charge >= 0.3 is 5.69 Å². The van der Waals surface area contributed by atoms with Crippen LogP contribution < -0.4 is 10.5 Å². The van der Waals surface area contributed by atoms with Gasteiger partial charge < -0.3 is 15.4 Å². The maximum absolute atomic E-state index is 11.8. The third-order valence-corrected chi connectivity index (χ3v) is 3.27. The summed E-state index contributed by atoms with van der Waals surface area (Å²) < 4.78 is 5.30. The average Bonchev–Trinajstić information content (AvgIpc) is 2.98. The van der Waals surface area contributed by atoms with Gasteiger partial charge in [-0.2, -0.15) is 0 Å². The number of amides is 1. The van der Waals surface area contributed by atoms with E-state index in [1.165, 1.54) is 12.1 Å². The van der Waals surface area contributed by atoms with Crippen molar-refractivity contribution in [1.29, 1.82) is 0 Å².